The minimum Gasteiger partial charge on any atom is -0.497 e. The van der Waals surface area contributed by atoms with E-state index in [0.717, 1.165) is 17.0 Å². The average molecular weight is 287 g/mol. The van der Waals surface area contributed by atoms with Gasteiger partial charge in [-0.3, -0.25) is 4.79 Å². The second kappa shape index (κ2) is 6.10. The van der Waals surface area contributed by atoms with Gasteiger partial charge in [-0.2, -0.15) is 5.10 Å². The van der Waals surface area contributed by atoms with Gasteiger partial charge in [-0.05, 0) is 29.7 Å². The van der Waals surface area contributed by atoms with Gasteiger partial charge in [-0.15, -0.1) is 0 Å². The summed E-state index contributed by atoms with van der Waals surface area (Å²) in [5.41, 5.74) is 8.38. The number of methoxy groups -OCH3 is 1. The molecule has 5 heteroatoms. The summed E-state index contributed by atoms with van der Waals surface area (Å²) in [5.74, 6) is 0.995. The van der Waals surface area contributed by atoms with E-state index in [1.165, 1.54) is 4.68 Å². The van der Waals surface area contributed by atoms with Crippen LogP contribution < -0.4 is 16.0 Å². The van der Waals surface area contributed by atoms with E-state index in [1.54, 1.807) is 14.2 Å². The number of nitrogens with zero attached hydrogens (tertiary/aromatic N) is 2. The number of hydrogen-bond donors (Lipinski definition) is 1. The summed E-state index contributed by atoms with van der Waals surface area (Å²) in [6.07, 6.45) is 0. The highest BCUT2D eigenvalue weighted by Crippen LogP contribution is 2.21. The number of benzene rings is 1. The van der Waals surface area contributed by atoms with Crippen LogP contribution in [0.2, 0.25) is 0 Å². The maximum absolute atomic E-state index is 12.3. The fourth-order valence-electron chi connectivity index (χ4n) is 2.15. The molecule has 1 aromatic carbocycles. The zero-order valence-electron chi connectivity index (χ0n) is 12.8. The molecule has 112 valence electrons. The van der Waals surface area contributed by atoms with E-state index in [2.05, 4.69) is 5.10 Å². The number of aromatic nitrogens is 2. The fourth-order valence-corrected chi connectivity index (χ4v) is 2.15. The third kappa shape index (κ3) is 3.13. The third-order valence-electron chi connectivity index (χ3n) is 3.51. The van der Waals surface area contributed by atoms with Gasteiger partial charge in [0.05, 0.1) is 18.8 Å². The number of ether oxygens (including phenoxy) is 1. The highest BCUT2D eigenvalue weighted by Gasteiger charge is 2.17. The molecule has 2 rings (SSSR count). The lowest BCUT2D eigenvalue weighted by Crippen LogP contribution is -2.30. The molecular formula is C16H21N3O2. The van der Waals surface area contributed by atoms with E-state index in [4.69, 9.17) is 10.5 Å². The molecule has 1 heterocycles. The van der Waals surface area contributed by atoms with Crippen molar-refractivity contribution in [3.63, 3.8) is 0 Å². The van der Waals surface area contributed by atoms with Crippen molar-refractivity contribution in [3.8, 4) is 5.75 Å². The van der Waals surface area contributed by atoms with Crippen LogP contribution in [0.3, 0.4) is 0 Å². The maximum atomic E-state index is 12.3. The standard InChI is InChI=1S/C16H21N3O2/c1-10(2)14-9-13(16(20)19(3)18-14)15(17)11-5-7-12(21-4)8-6-11/h5-10,15H,17H2,1-4H3. The summed E-state index contributed by atoms with van der Waals surface area (Å²) in [7, 11) is 3.26. The fraction of sp³-hybridized carbons (Fsp3) is 0.375. The minimum atomic E-state index is -0.477. The van der Waals surface area contributed by atoms with Gasteiger partial charge in [0.1, 0.15) is 5.75 Å². The SMILES string of the molecule is COc1ccc(C(N)c2cc(C(C)C)nn(C)c2=O)cc1. The molecule has 1 aromatic heterocycles. The van der Waals surface area contributed by atoms with Gasteiger partial charge in [0.15, 0.2) is 0 Å². The van der Waals surface area contributed by atoms with Crippen molar-refractivity contribution in [2.75, 3.05) is 7.11 Å². The Hall–Kier alpha value is -2.14. The summed E-state index contributed by atoms with van der Waals surface area (Å²) in [6.45, 7) is 4.07. The lowest BCUT2D eigenvalue weighted by molar-refractivity contribution is 0.414. The van der Waals surface area contributed by atoms with E-state index < -0.39 is 6.04 Å². The van der Waals surface area contributed by atoms with Crippen molar-refractivity contribution in [2.24, 2.45) is 12.8 Å². The van der Waals surface area contributed by atoms with Crippen molar-refractivity contribution in [3.05, 3.63) is 57.5 Å². The van der Waals surface area contributed by atoms with Gasteiger partial charge in [0.25, 0.3) is 5.56 Å². The molecule has 5 nitrogen and oxygen atoms in total. The molecule has 0 spiro atoms. The van der Waals surface area contributed by atoms with Crippen molar-refractivity contribution >= 4 is 0 Å². The molecule has 2 aromatic rings. The van der Waals surface area contributed by atoms with Gasteiger partial charge in [0.2, 0.25) is 0 Å². The Morgan fingerprint density at radius 1 is 1.24 bits per heavy atom. The first-order valence-corrected chi connectivity index (χ1v) is 6.91. The van der Waals surface area contributed by atoms with Gasteiger partial charge >= 0.3 is 0 Å². The van der Waals surface area contributed by atoms with E-state index in [9.17, 15) is 4.79 Å². The van der Waals surface area contributed by atoms with Crippen LogP contribution in [0.4, 0.5) is 0 Å². The van der Waals surface area contributed by atoms with E-state index in [0.29, 0.717) is 5.56 Å². The maximum Gasteiger partial charge on any atom is 0.271 e. The third-order valence-corrected chi connectivity index (χ3v) is 3.51. The molecule has 2 N–H and O–H groups in total. The Balaban J connectivity index is 2.46. The molecule has 0 amide bonds. The van der Waals surface area contributed by atoms with Gasteiger partial charge < -0.3 is 10.5 Å². The predicted octanol–water partition coefficient (Wildman–Crippen LogP) is 1.96. The molecule has 0 radical (unpaired) electrons. The topological polar surface area (TPSA) is 70.1 Å². The predicted molar refractivity (Wildman–Crippen MR) is 82.6 cm³/mol. The summed E-state index contributed by atoms with van der Waals surface area (Å²) < 4.78 is 6.49. The first-order valence-electron chi connectivity index (χ1n) is 6.91. The normalized spacial score (nSPS) is 12.5. The van der Waals surface area contributed by atoms with Crippen LogP contribution in [-0.4, -0.2) is 16.9 Å². The molecule has 0 aliphatic heterocycles. The zero-order chi connectivity index (χ0) is 15.6. The summed E-state index contributed by atoms with van der Waals surface area (Å²) in [6, 6.07) is 8.75. The Labute approximate surface area is 124 Å². The van der Waals surface area contributed by atoms with Crippen molar-refractivity contribution in [1.82, 2.24) is 9.78 Å². The monoisotopic (exact) mass is 287 g/mol. The lowest BCUT2D eigenvalue weighted by Gasteiger charge is -2.15. The minimum absolute atomic E-state index is 0.164. The number of rotatable bonds is 4. The van der Waals surface area contributed by atoms with Gasteiger partial charge in [-0.1, -0.05) is 26.0 Å². The second-order valence-electron chi connectivity index (χ2n) is 5.36. The number of nitrogens with two attached hydrogens (primary N) is 1. The van der Waals surface area contributed by atoms with Crippen LogP contribution in [0.1, 0.15) is 42.6 Å². The smallest absolute Gasteiger partial charge is 0.271 e. The summed E-state index contributed by atoms with van der Waals surface area (Å²) >= 11 is 0. The summed E-state index contributed by atoms with van der Waals surface area (Å²) in [5, 5.41) is 4.26. The molecule has 1 unspecified atom stereocenters. The highest BCUT2D eigenvalue weighted by atomic mass is 16.5. The molecule has 0 bridgehead atoms. The molecule has 0 saturated carbocycles. The second-order valence-corrected chi connectivity index (χ2v) is 5.36. The van der Waals surface area contributed by atoms with E-state index in [-0.39, 0.29) is 11.5 Å². The van der Waals surface area contributed by atoms with E-state index in [1.807, 2.05) is 44.2 Å². The Bertz CT molecular complexity index is 675. The lowest BCUT2D eigenvalue weighted by atomic mass is 9.99. The van der Waals surface area contributed by atoms with Gasteiger partial charge in [-0.25, -0.2) is 4.68 Å². The van der Waals surface area contributed by atoms with Crippen molar-refractivity contribution < 1.29 is 4.74 Å². The molecular weight excluding hydrogens is 266 g/mol. The molecule has 1 atom stereocenters. The Kier molecular flexibility index (Phi) is 4.43. The van der Waals surface area contributed by atoms with Crippen LogP contribution in [-0.2, 0) is 7.05 Å². The molecule has 0 aliphatic rings. The van der Waals surface area contributed by atoms with Crippen LogP contribution in [0, 0.1) is 0 Å². The summed E-state index contributed by atoms with van der Waals surface area (Å²) in [4.78, 5) is 12.3. The van der Waals surface area contributed by atoms with Crippen LogP contribution in [0.25, 0.3) is 0 Å². The average Bonchev–Trinajstić information content (AvgIpc) is 2.49. The van der Waals surface area contributed by atoms with Gasteiger partial charge in [0, 0.05) is 12.6 Å². The van der Waals surface area contributed by atoms with Crippen LogP contribution in [0.15, 0.2) is 35.1 Å². The zero-order valence-corrected chi connectivity index (χ0v) is 12.8. The van der Waals surface area contributed by atoms with Crippen LogP contribution in [0.5, 0.6) is 5.75 Å². The highest BCUT2D eigenvalue weighted by molar-refractivity contribution is 5.34. The van der Waals surface area contributed by atoms with Crippen molar-refractivity contribution in [2.45, 2.75) is 25.8 Å². The molecule has 0 aliphatic carbocycles. The molecule has 0 saturated heterocycles. The first-order chi connectivity index (χ1) is 9.93. The Morgan fingerprint density at radius 2 is 1.86 bits per heavy atom. The number of aryl methyl sites for hydroxylation is 1. The van der Waals surface area contributed by atoms with Crippen molar-refractivity contribution in [1.29, 1.82) is 0 Å². The molecule has 0 fully saturated rings. The van der Waals surface area contributed by atoms with E-state index >= 15 is 0 Å². The molecule has 21 heavy (non-hydrogen) atoms. The first kappa shape index (κ1) is 15.3. The quantitative estimate of drug-likeness (QED) is 0.933. The largest absolute Gasteiger partial charge is 0.497 e. The Morgan fingerprint density at radius 3 is 2.38 bits per heavy atom. The number of hydrogen-bond acceptors (Lipinski definition) is 4. The van der Waals surface area contributed by atoms with Crippen LogP contribution >= 0.6 is 0 Å².